The number of nitrogens with zero attached hydrogens (tertiary/aromatic N) is 1. The van der Waals surface area contributed by atoms with Gasteiger partial charge in [0.1, 0.15) is 0 Å². The van der Waals surface area contributed by atoms with Gasteiger partial charge in [-0.3, -0.25) is 0 Å². The molecule has 0 radical (unpaired) electrons. The smallest absolute Gasteiger partial charge is 0.0219 e. The van der Waals surface area contributed by atoms with Gasteiger partial charge in [-0.25, -0.2) is 0 Å². The Morgan fingerprint density at radius 1 is 1.29 bits per heavy atom. The van der Waals surface area contributed by atoms with Crippen LogP contribution >= 0.6 is 0 Å². The fourth-order valence-electron chi connectivity index (χ4n) is 2.10. The van der Waals surface area contributed by atoms with E-state index in [1.165, 1.54) is 32.1 Å². The van der Waals surface area contributed by atoms with E-state index in [0.717, 1.165) is 13.1 Å². The lowest BCUT2D eigenvalue weighted by Gasteiger charge is -2.29. The van der Waals surface area contributed by atoms with Crippen LogP contribution in [0.15, 0.2) is 0 Å². The number of hydrogen-bond donors (Lipinski definition) is 2. The van der Waals surface area contributed by atoms with E-state index >= 15 is 0 Å². The van der Waals surface area contributed by atoms with Crippen LogP contribution in [0.3, 0.4) is 0 Å². The maximum atomic E-state index is 6.05. The van der Waals surface area contributed by atoms with Gasteiger partial charge in [-0.1, -0.05) is 12.8 Å². The van der Waals surface area contributed by atoms with E-state index in [9.17, 15) is 0 Å². The van der Waals surface area contributed by atoms with Crippen molar-refractivity contribution < 1.29 is 0 Å². The van der Waals surface area contributed by atoms with Gasteiger partial charge < -0.3 is 16.0 Å². The fraction of sp³-hybridized carbons (Fsp3) is 1.00. The molecule has 3 heteroatoms. The Balaban J connectivity index is 2.04. The highest BCUT2D eigenvalue weighted by molar-refractivity contribution is 4.83. The highest BCUT2D eigenvalue weighted by Gasteiger charge is 2.20. The molecule has 0 aliphatic heterocycles. The molecule has 1 rings (SSSR count). The minimum atomic E-state index is 0.392. The molecule has 1 aliphatic carbocycles. The first kappa shape index (κ1) is 12.0. The molecule has 1 saturated carbocycles. The molecule has 0 heterocycles. The molecule has 0 spiro atoms. The third-order valence-electron chi connectivity index (χ3n) is 3.01. The van der Waals surface area contributed by atoms with E-state index in [4.69, 9.17) is 5.73 Å². The van der Waals surface area contributed by atoms with Gasteiger partial charge in [0.25, 0.3) is 0 Å². The van der Waals surface area contributed by atoms with Crippen LogP contribution in [-0.4, -0.2) is 44.2 Å². The second-order valence-electron chi connectivity index (χ2n) is 4.67. The zero-order chi connectivity index (χ0) is 10.4. The Bertz CT molecular complexity index is 147. The van der Waals surface area contributed by atoms with E-state index < -0.39 is 0 Å². The molecular weight excluding hydrogens is 174 g/mol. The van der Waals surface area contributed by atoms with Gasteiger partial charge in [-0.15, -0.1) is 0 Å². The van der Waals surface area contributed by atoms with E-state index in [1.54, 1.807) is 0 Å². The lowest BCUT2D eigenvalue weighted by molar-refractivity contribution is 0.317. The lowest BCUT2D eigenvalue weighted by Crippen LogP contribution is -2.47. The second-order valence-corrected chi connectivity index (χ2v) is 4.67. The van der Waals surface area contributed by atoms with Crippen LogP contribution in [0, 0.1) is 0 Å². The molecule has 1 fully saturated rings. The van der Waals surface area contributed by atoms with Gasteiger partial charge in [0, 0.05) is 12.1 Å². The minimum absolute atomic E-state index is 0.392. The van der Waals surface area contributed by atoms with Gasteiger partial charge in [0.05, 0.1) is 0 Å². The topological polar surface area (TPSA) is 41.3 Å². The van der Waals surface area contributed by atoms with Gasteiger partial charge in [-0.2, -0.15) is 0 Å². The molecular formula is C11H25N3. The Morgan fingerprint density at radius 2 is 2.00 bits per heavy atom. The summed E-state index contributed by atoms with van der Waals surface area (Å²) in [6.07, 6.45) is 6.35. The average molecular weight is 199 g/mol. The third-order valence-corrected chi connectivity index (χ3v) is 3.01. The average Bonchev–Trinajstić information content (AvgIpc) is 2.15. The maximum absolute atomic E-state index is 6.05. The second kappa shape index (κ2) is 6.38. The van der Waals surface area contributed by atoms with Crippen LogP contribution in [0.2, 0.25) is 0 Å². The van der Waals surface area contributed by atoms with Crippen LogP contribution in [0.4, 0.5) is 0 Å². The predicted molar refractivity (Wildman–Crippen MR) is 61.4 cm³/mol. The third kappa shape index (κ3) is 4.40. The largest absolute Gasteiger partial charge is 0.326 e. The molecule has 0 aromatic heterocycles. The summed E-state index contributed by atoms with van der Waals surface area (Å²) in [5, 5.41) is 3.58. The highest BCUT2D eigenvalue weighted by Crippen LogP contribution is 2.16. The van der Waals surface area contributed by atoms with E-state index in [0.29, 0.717) is 12.1 Å². The first-order valence-corrected chi connectivity index (χ1v) is 5.84. The van der Waals surface area contributed by atoms with Crippen molar-refractivity contribution in [2.24, 2.45) is 5.73 Å². The van der Waals surface area contributed by atoms with Crippen molar-refractivity contribution in [1.82, 2.24) is 10.2 Å². The molecule has 0 aromatic rings. The molecule has 2 unspecified atom stereocenters. The van der Waals surface area contributed by atoms with Gasteiger partial charge in [0.15, 0.2) is 0 Å². The number of nitrogens with one attached hydrogen (secondary N) is 1. The van der Waals surface area contributed by atoms with Crippen LogP contribution < -0.4 is 11.1 Å². The summed E-state index contributed by atoms with van der Waals surface area (Å²) in [5.74, 6) is 0. The first-order valence-electron chi connectivity index (χ1n) is 5.84. The first-order chi connectivity index (χ1) is 6.70. The highest BCUT2D eigenvalue weighted by atomic mass is 15.1. The summed E-state index contributed by atoms with van der Waals surface area (Å²) < 4.78 is 0. The number of nitrogens with two attached hydrogens (primary N) is 1. The Hall–Kier alpha value is -0.120. The van der Waals surface area contributed by atoms with Crippen LogP contribution in [0.1, 0.15) is 32.1 Å². The molecule has 3 nitrogen and oxygen atoms in total. The molecule has 0 saturated heterocycles. The molecule has 84 valence electrons. The van der Waals surface area contributed by atoms with Crippen LogP contribution in [-0.2, 0) is 0 Å². The van der Waals surface area contributed by atoms with E-state index in [2.05, 4.69) is 24.3 Å². The molecule has 3 N–H and O–H groups in total. The normalized spacial score (nSPS) is 28.3. The summed E-state index contributed by atoms with van der Waals surface area (Å²) in [7, 11) is 4.23. The van der Waals surface area contributed by atoms with Gasteiger partial charge in [-0.05, 0) is 46.4 Å². The van der Waals surface area contributed by atoms with Crippen molar-refractivity contribution >= 4 is 0 Å². The molecule has 14 heavy (non-hydrogen) atoms. The quantitative estimate of drug-likeness (QED) is 0.644. The van der Waals surface area contributed by atoms with Crippen molar-refractivity contribution in [2.45, 2.75) is 44.2 Å². The summed E-state index contributed by atoms with van der Waals surface area (Å²) in [6, 6.07) is 0.967. The van der Waals surface area contributed by atoms with Crippen LogP contribution in [0.5, 0.6) is 0 Å². The van der Waals surface area contributed by atoms with Crippen molar-refractivity contribution in [3.63, 3.8) is 0 Å². The van der Waals surface area contributed by atoms with Crippen molar-refractivity contribution in [2.75, 3.05) is 27.2 Å². The number of hydrogen-bond acceptors (Lipinski definition) is 3. The summed E-state index contributed by atoms with van der Waals surface area (Å²) in [4.78, 5) is 2.22. The minimum Gasteiger partial charge on any atom is -0.326 e. The van der Waals surface area contributed by atoms with Crippen molar-refractivity contribution in [3.8, 4) is 0 Å². The Kier molecular flexibility index (Phi) is 5.45. The molecule has 0 aromatic carbocycles. The lowest BCUT2D eigenvalue weighted by atomic mass is 9.91. The van der Waals surface area contributed by atoms with E-state index in [-0.39, 0.29) is 0 Å². The standard InChI is InChI=1S/C11H25N3/c1-14(2)9-5-8-13-11-7-4-3-6-10(11)12/h10-11,13H,3-9,12H2,1-2H3. The molecule has 1 aliphatic rings. The summed E-state index contributed by atoms with van der Waals surface area (Å²) in [5.41, 5.74) is 6.05. The van der Waals surface area contributed by atoms with Gasteiger partial charge in [0.2, 0.25) is 0 Å². The zero-order valence-corrected chi connectivity index (χ0v) is 9.63. The van der Waals surface area contributed by atoms with Crippen molar-refractivity contribution in [1.29, 1.82) is 0 Å². The maximum Gasteiger partial charge on any atom is 0.0219 e. The molecule has 0 amide bonds. The van der Waals surface area contributed by atoms with E-state index in [1.807, 2.05) is 0 Å². The monoisotopic (exact) mass is 199 g/mol. The van der Waals surface area contributed by atoms with Crippen molar-refractivity contribution in [3.05, 3.63) is 0 Å². The Labute approximate surface area is 88.0 Å². The molecule has 2 atom stereocenters. The predicted octanol–water partition coefficient (Wildman–Crippen LogP) is 0.798. The summed E-state index contributed by atoms with van der Waals surface area (Å²) in [6.45, 7) is 2.27. The SMILES string of the molecule is CN(C)CCCNC1CCCCC1N. The number of rotatable bonds is 5. The summed E-state index contributed by atoms with van der Waals surface area (Å²) >= 11 is 0. The van der Waals surface area contributed by atoms with Crippen LogP contribution in [0.25, 0.3) is 0 Å². The zero-order valence-electron chi connectivity index (χ0n) is 9.63. The molecule has 0 bridgehead atoms. The van der Waals surface area contributed by atoms with Gasteiger partial charge >= 0.3 is 0 Å². The fourth-order valence-corrected chi connectivity index (χ4v) is 2.10. The Morgan fingerprint density at radius 3 is 2.64 bits per heavy atom.